The fourth-order valence-corrected chi connectivity index (χ4v) is 6.96. The Balaban J connectivity index is 1.22. The zero-order valence-electron chi connectivity index (χ0n) is 20.0. The lowest BCUT2D eigenvalue weighted by atomic mass is 9.77. The van der Waals surface area contributed by atoms with Crippen molar-refractivity contribution in [3.05, 3.63) is 102 Å². The fraction of sp³-hybridized carbons (Fsp3) is 0.310. The monoisotopic (exact) mass is 502 g/mol. The second-order valence-electron chi connectivity index (χ2n) is 9.58. The minimum absolute atomic E-state index is 0.141. The Morgan fingerprint density at radius 3 is 2.53 bits per heavy atom. The Morgan fingerprint density at radius 1 is 0.972 bits per heavy atom. The quantitative estimate of drug-likeness (QED) is 0.475. The van der Waals surface area contributed by atoms with Crippen LogP contribution in [-0.4, -0.2) is 39.0 Å². The van der Waals surface area contributed by atoms with E-state index >= 15 is 0 Å². The highest BCUT2D eigenvalue weighted by Gasteiger charge is 2.39. The third-order valence-corrected chi connectivity index (χ3v) is 9.32. The van der Waals surface area contributed by atoms with Gasteiger partial charge in [0.1, 0.15) is 12.4 Å². The number of rotatable bonds is 6. The molecule has 3 aromatic carbocycles. The van der Waals surface area contributed by atoms with E-state index in [2.05, 4.69) is 41.7 Å². The van der Waals surface area contributed by atoms with Gasteiger partial charge in [-0.05, 0) is 59.4 Å². The predicted molar refractivity (Wildman–Crippen MR) is 140 cm³/mol. The largest absolute Gasteiger partial charge is 0.489 e. The molecule has 0 aromatic heterocycles. The molecule has 0 bridgehead atoms. The van der Waals surface area contributed by atoms with Crippen LogP contribution in [0.2, 0.25) is 0 Å². The summed E-state index contributed by atoms with van der Waals surface area (Å²) in [6.07, 6.45) is 5.41. The summed E-state index contributed by atoms with van der Waals surface area (Å²) in [6, 6.07) is 24.2. The van der Waals surface area contributed by atoms with Crippen LogP contribution in [0.4, 0.5) is 5.69 Å². The normalized spacial score (nSPS) is 23.5. The molecule has 0 radical (unpaired) electrons. The minimum atomic E-state index is -3.53. The lowest BCUT2D eigenvalue weighted by Gasteiger charge is -2.38. The molecule has 36 heavy (non-hydrogen) atoms. The first kappa shape index (κ1) is 23.3. The number of hydrogen-bond donors (Lipinski definition) is 1. The average molecular weight is 503 g/mol. The number of benzene rings is 3. The van der Waals surface area contributed by atoms with E-state index < -0.39 is 10.0 Å². The molecule has 0 spiro atoms. The number of nitrogens with one attached hydrogen (secondary N) is 1. The van der Waals surface area contributed by atoms with Gasteiger partial charge in [0.25, 0.3) is 0 Å². The van der Waals surface area contributed by atoms with Crippen LogP contribution >= 0.6 is 0 Å². The number of morpholine rings is 1. The number of nitrogens with zero attached hydrogens (tertiary/aromatic N) is 1. The molecular formula is C29H30N2O4S. The van der Waals surface area contributed by atoms with E-state index in [1.165, 1.54) is 9.87 Å². The lowest BCUT2D eigenvalue weighted by Crippen LogP contribution is -2.40. The van der Waals surface area contributed by atoms with Gasteiger partial charge in [-0.2, -0.15) is 4.31 Å². The third-order valence-electron chi connectivity index (χ3n) is 7.43. The average Bonchev–Trinajstić information content (AvgIpc) is 3.43. The molecule has 1 fully saturated rings. The number of fused-ring (bicyclic) bond motifs is 3. The van der Waals surface area contributed by atoms with E-state index in [-0.39, 0.29) is 12.0 Å². The predicted octanol–water partition coefficient (Wildman–Crippen LogP) is 5.11. The van der Waals surface area contributed by atoms with Gasteiger partial charge in [-0.25, -0.2) is 8.42 Å². The molecule has 6 nitrogen and oxygen atoms in total. The van der Waals surface area contributed by atoms with Crippen molar-refractivity contribution < 1.29 is 17.9 Å². The van der Waals surface area contributed by atoms with Gasteiger partial charge in [-0.3, -0.25) is 0 Å². The van der Waals surface area contributed by atoms with Gasteiger partial charge in [0.2, 0.25) is 10.0 Å². The van der Waals surface area contributed by atoms with Crippen molar-refractivity contribution in [1.29, 1.82) is 0 Å². The molecule has 3 atom stereocenters. The molecule has 6 rings (SSSR count). The molecule has 2 heterocycles. The molecule has 1 aliphatic carbocycles. The number of allylic oxidation sites excluding steroid dienone is 2. The summed E-state index contributed by atoms with van der Waals surface area (Å²) < 4.78 is 39.3. The summed E-state index contributed by atoms with van der Waals surface area (Å²) in [5.41, 5.74) is 4.40. The smallest absolute Gasteiger partial charge is 0.243 e. The summed E-state index contributed by atoms with van der Waals surface area (Å²) in [5.74, 6) is 1.35. The van der Waals surface area contributed by atoms with Crippen molar-refractivity contribution in [3.8, 4) is 5.75 Å². The summed E-state index contributed by atoms with van der Waals surface area (Å²) >= 11 is 0. The van der Waals surface area contributed by atoms with Gasteiger partial charge in [0, 0.05) is 24.7 Å². The van der Waals surface area contributed by atoms with Crippen LogP contribution in [0.1, 0.15) is 35.1 Å². The molecule has 1 N–H and O–H groups in total. The first-order chi connectivity index (χ1) is 17.6. The van der Waals surface area contributed by atoms with Crippen molar-refractivity contribution in [2.45, 2.75) is 29.9 Å². The Hall–Kier alpha value is -3.13. The molecule has 186 valence electrons. The molecule has 0 amide bonds. The van der Waals surface area contributed by atoms with Crippen LogP contribution in [0.5, 0.6) is 5.75 Å². The standard InChI is InChI=1S/C29H30N2O4S/c32-36(33,31-15-17-34-18-16-31)24-13-14-28-27(19-24)25-7-4-8-26(25)29(30-28)22-9-11-23(12-10-22)35-20-21-5-2-1-3-6-21/h1-7,9-14,19,25-26,29-30H,8,15-18,20H2. The summed E-state index contributed by atoms with van der Waals surface area (Å²) in [4.78, 5) is 0.363. The topological polar surface area (TPSA) is 67.9 Å². The maximum atomic E-state index is 13.2. The summed E-state index contributed by atoms with van der Waals surface area (Å²) in [6.45, 7) is 2.22. The van der Waals surface area contributed by atoms with Crippen LogP contribution in [0.25, 0.3) is 0 Å². The second-order valence-corrected chi connectivity index (χ2v) is 11.5. The van der Waals surface area contributed by atoms with Crippen LogP contribution in [-0.2, 0) is 21.4 Å². The number of anilines is 1. The van der Waals surface area contributed by atoms with Crippen LogP contribution in [0, 0.1) is 5.92 Å². The molecule has 0 saturated carbocycles. The maximum Gasteiger partial charge on any atom is 0.243 e. The first-order valence-corrected chi connectivity index (χ1v) is 14.0. The fourth-order valence-electron chi connectivity index (χ4n) is 5.51. The molecule has 1 saturated heterocycles. The summed E-state index contributed by atoms with van der Waals surface area (Å²) in [5, 5.41) is 3.71. The highest BCUT2D eigenvalue weighted by Crippen LogP contribution is 2.50. The van der Waals surface area contributed by atoms with E-state index in [0.717, 1.165) is 29.0 Å². The van der Waals surface area contributed by atoms with E-state index in [1.54, 1.807) is 6.07 Å². The van der Waals surface area contributed by atoms with Gasteiger partial charge >= 0.3 is 0 Å². The molecule has 3 aromatic rings. The molecule has 2 aliphatic heterocycles. The Labute approximate surface area is 212 Å². The molecule has 3 aliphatic rings. The Bertz CT molecular complexity index is 1350. The number of hydrogen-bond acceptors (Lipinski definition) is 5. The van der Waals surface area contributed by atoms with Gasteiger partial charge < -0.3 is 14.8 Å². The van der Waals surface area contributed by atoms with E-state index in [4.69, 9.17) is 9.47 Å². The zero-order chi connectivity index (χ0) is 24.5. The van der Waals surface area contributed by atoms with Crippen molar-refractivity contribution in [3.63, 3.8) is 0 Å². The first-order valence-electron chi connectivity index (χ1n) is 12.5. The van der Waals surface area contributed by atoms with Crippen LogP contribution < -0.4 is 10.1 Å². The van der Waals surface area contributed by atoms with Crippen molar-refractivity contribution in [1.82, 2.24) is 4.31 Å². The van der Waals surface area contributed by atoms with Crippen molar-refractivity contribution >= 4 is 15.7 Å². The van der Waals surface area contributed by atoms with Gasteiger partial charge in [-0.15, -0.1) is 0 Å². The summed E-state index contributed by atoms with van der Waals surface area (Å²) in [7, 11) is -3.53. The van der Waals surface area contributed by atoms with E-state index in [0.29, 0.717) is 43.7 Å². The Kier molecular flexibility index (Phi) is 6.29. The van der Waals surface area contributed by atoms with Gasteiger partial charge in [0.15, 0.2) is 0 Å². The van der Waals surface area contributed by atoms with Crippen LogP contribution in [0.15, 0.2) is 89.8 Å². The number of sulfonamides is 1. The maximum absolute atomic E-state index is 13.2. The molecule has 3 unspecified atom stereocenters. The highest BCUT2D eigenvalue weighted by molar-refractivity contribution is 7.89. The number of ether oxygens (including phenoxy) is 2. The molecule has 7 heteroatoms. The lowest BCUT2D eigenvalue weighted by molar-refractivity contribution is 0.0730. The van der Waals surface area contributed by atoms with Crippen molar-refractivity contribution in [2.75, 3.05) is 31.6 Å². The zero-order valence-corrected chi connectivity index (χ0v) is 20.9. The SMILES string of the molecule is O=S(=O)(c1ccc2c(c1)C1C=CCC1C(c1ccc(OCc3ccccc3)cc1)N2)N1CCOCC1. The Morgan fingerprint density at radius 2 is 1.75 bits per heavy atom. The highest BCUT2D eigenvalue weighted by atomic mass is 32.2. The van der Waals surface area contributed by atoms with Crippen molar-refractivity contribution in [2.24, 2.45) is 5.92 Å². The third kappa shape index (κ3) is 4.43. The van der Waals surface area contributed by atoms with Gasteiger partial charge in [0.05, 0.1) is 24.2 Å². The second kappa shape index (κ2) is 9.73. The molecular weight excluding hydrogens is 472 g/mol. The van der Waals surface area contributed by atoms with Crippen LogP contribution in [0.3, 0.4) is 0 Å². The van der Waals surface area contributed by atoms with E-state index in [1.807, 2.05) is 42.5 Å². The van der Waals surface area contributed by atoms with Gasteiger partial charge in [-0.1, -0.05) is 54.6 Å². The van der Waals surface area contributed by atoms with E-state index in [9.17, 15) is 8.42 Å². The minimum Gasteiger partial charge on any atom is -0.489 e.